The van der Waals surface area contributed by atoms with Gasteiger partial charge in [0.2, 0.25) is 0 Å². The Morgan fingerprint density at radius 2 is 2.20 bits per heavy atom. The van der Waals surface area contributed by atoms with E-state index in [0.29, 0.717) is 13.1 Å². The lowest BCUT2D eigenvalue weighted by Gasteiger charge is -2.22. The first kappa shape index (κ1) is 12.2. The molecule has 1 rings (SSSR count). The van der Waals surface area contributed by atoms with Crippen LogP contribution in [0.4, 0.5) is 0 Å². The fraction of sp³-hybridized carbons (Fsp3) is 0.667. The van der Waals surface area contributed by atoms with Crippen LogP contribution in [-0.2, 0) is 16.4 Å². The highest BCUT2D eigenvalue weighted by Crippen LogP contribution is 2.13. The van der Waals surface area contributed by atoms with Gasteiger partial charge in [-0.2, -0.15) is 5.10 Å². The molecule has 0 radical (unpaired) electrons. The molecule has 0 aliphatic rings. The number of nitrogens with one attached hydrogen (secondary N) is 2. The highest BCUT2D eigenvalue weighted by atomic mass is 32.2. The summed E-state index contributed by atoms with van der Waals surface area (Å²) < 4.78 is 22.0. The van der Waals surface area contributed by atoms with E-state index in [1.165, 1.54) is 6.26 Å². The predicted molar refractivity (Wildman–Crippen MR) is 59.2 cm³/mol. The maximum absolute atomic E-state index is 11.4. The molecule has 1 aromatic heterocycles. The highest BCUT2D eigenvalue weighted by Gasteiger charge is 2.29. The minimum atomic E-state index is -3.03. The van der Waals surface area contributed by atoms with Gasteiger partial charge in [-0.3, -0.25) is 5.10 Å². The summed E-state index contributed by atoms with van der Waals surface area (Å²) in [7, 11) is -3.03. The molecule has 86 valence electrons. The van der Waals surface area contributed by atoms with E-state index in [2.05, 4.69) is 15.5 Å². The van der Waals surface area contributed by atoms with Gasteiger partial charge in [0.25, 0.3) is 0 Å². The van der Waals surface area contributed by atoms with Crippen LogP contribution in [0.5, 0.6) is 0 Å². The minimum absolute atomic E-state index is 0.421. The molecule has 0 bridgehead atoms. The first-order valence-corrected chi connectivity index (χ1v) is 6.61. The van der Waals surface area contributed by atoms with Crippen LogP contribution in [0, 0.1) is 0 Å². The van der Waals surface area contributed by atoms with Crippen molar-refractivity contribution in [3.05, 3.63) is 18.0 Å². The quantitative estimate of drug-likeness (QED) is 0.765. The van der Waals surface area contributed by atoms with E-state index in [1.807, 2.05) is 6.07 Å². The van der Waals surface area contributed by atoms with Crippen molar-refractivity contribution < 1.29 is 8.42 Å². The second kappa shape index (κ2) is 4.32. The molecule has 1 aromatic rings. The van der Waals surface area contributed by atoms with Gasteiger partial charge in [0, 0.05) is 31.2 Å². The summed E-state index contributed by atoms with van der Waals surface area (Å²) in [6, 6.07) is 1.85. The third-order valence-electron chi connectivity index (χ3n) is 2.43. The summed E-state index contributed by atoms with van der Waals surface area (Å²) >= 11 is 0. The molecule has 0 amide bonds. The van der Waals surface area contributed by atoms with Crippen LogP contribution >= 0.6 is 0 Å². The van der Waals surface area contributed by atoms with Crippen molar-refractivity contribution >= 4 is 9.84 Å². The van der Waals surface area contributed by atoms with Gasteiger partial charge in [-0.1, -0.05) is 0 Å². The highest BCUT2D eigenvalue weighted by molar-refractivity contribution is 7.92. The number of hydrogen-bond acceptors (Lipinski definition) is 4. The molecule has 5 nitrogen and oxygen atoms in total. The van der Waals surface area contributed by atoms with Gasteiger partial charge < -0.3 is 5.32 Å². The summed E-state index contributed by atoms with van der Waals surface area (Å²) in [5.41, 5.74) is 0.944. The van der Waals surface area contributed by atoms with Gasteiger partial charge in [0.05, 0.1) is 4.75 Å². The number of H-pyrrole nitrogens is 1. The van der Waals surface area contributed by atoms with Crippen LogP contribution in [0.1, 0.15) is 19.5 Å². The zero-order valence-electron chi connectivity index (χ0n) is 9.24. The van der Waals surface area contributed by atoms with E-state index in [-0.39, 0.29) is 0 Å². The molecule has 0 aromatic carbocycles. The van der Waals surface area contributed by atoms with E-state index < -0.39 is 14.6 Å². The van der Waals surface area contributed by atoms with Crippen LogP contribution < -0.4 is 5.32 Å². The van der Waals surface area contributed by atoms with Crippen molar-refractivity contribution in [2.45, 2.75) is 25.1 Å². The van der Waals surface area contributed by atoms with E-state index >= 15 is 0 Å². The zero-order chi connectivity index (χ0) is 11.5. The van der Waals surface area contributed by atoms with E-state index in [0.717, 1.165) is 5.69 Å². The molecule has 0 aliphatic heterocycles. The summed E-state index contributed by atoms with van der Waals surface area (Å²) in [5, 5.41) is 9.69. The van der Waals surface area contributed by atoms with Gasteiger partial charge >= 0.3 is 0 Å². The Morgan fingerprint density at radius 3 is 2.67 bits per heavy atom. The molecule has 1 heterocycles. The Balaban J connectivity index is 2.44. The van der Waals surface area contributed by atoms with Crippen LogP contribution in [0.2, 0.25) is 0 Å². The van der Waals surface area contributed by atoms with Crippen LogP contribution in [0.25, 0.3) is 0 Å². The van der Waals surface area contributed by atoms with Crippen molar-refractivity contribution in [3.63, 3.8) is 0 Å². The molecular formula is C9H17N3O2S. The summed E-state index contributed by atoms with van der Waals surface area (Å²) in [4.78, 5) is 0. The van der Waals surface area contributed by atoms with Crippen molar-refractivity contribution in [2.75, 3.05) is 12.8 Å². The molecule has 0 atom stereocenters. The molecule has 0 unspecified atom stereocenters. The molecule has 0 fully saturated rings. The second-order valence-corrected chi connectivity index (χ2v) is 6.87. The average Bonchev–Trinajstić information content (AvgIpc) is 2.54. The topological polar surface area (TPSA) is 74.8 Å². The number of hydrogen-bond donors (Lipinski definition) is 2. The summed E-state index contributed by atoms with van der Waals surface area (Å²) in [5.74, 6) is 0. The number of sulfone groups is 1. The largest absolute Gasteiger partial charge is 0.310 e. The fourth-order valence-corrected chi connectivity index (χ4v) is 1.38. The van der Waals surface area contributed by atoms with Gasteiger partial charge in [0.1, 0.15) is 0 Å². The maximum Gasteiger partial charge on any atom is 0.153 e. The summed E-state index contributed by atoms with van der Waals surface area (Å²) in [6.07, 6.45) is 2.92. The lowest BCUT2D eigenvalue weighted by Crippen LogP contribution is -2.41. The Labute approximate surface area is 90.2 Å². The standard InChI is InChI=1S/C9H17N3O2S/c1-9(2,15(3,13)14)7-10-6-8-4-5-11-12-8/h4-5,10H,6-7H2,1-3H3,(H,11,12). The smallest absolute Gasteiger partial charge is 0.153 e. The average molecular weight is 231 g/mol. The van der Waals surface area contributed by atoms with Crippen molar-refractivity contribution in [3.8, 4) is 0 Å². The fourth-order valence-electron chi connectivity index (χ4n) is 1.01. The molecule has 0 saturated heterocycles. The maximum atomic E-state index is 11.4. The first-order valence-electron chi connectivity index (χ1n) is 4.71. The van der Waals surface area contributed by atoms with E-state index in [9.17, 15) is 8.42 Å². The van der Waals surface area contributed by atoms with E-state index in [4.69, 9.17) is 0 Å². The van der Waals surface area contributed by atoms with Crippen molar-refractivity contribution in [2.24, 2.45) is 0 Å². The second-order valence-electron chi connectivity index (χ2n) is 4.22. The Kier molecular flexibility index (Phi) is 3.51. The third-order valence-corrected chi connectivity index (χ3v) is 4.58. The lowest BCUT2D eigenvalue weighted by molar-refractivity contribution is 0.519. The number of nitrogens with zero attached hydrogens (tertiary/aromatic N) is 1. The number of rotatable bonds is 5. The van der Waals surface area contributed by atoms with Crippen LogP contribution in [0.3, 0.4) is 0 Å². The molecular weight excluding hydrogens is 214 g/mol. The van der Waals surface area contributed by atoms with Gasteiger partial charge in [-0.05, 0) is 19.9 Å². The van der Waals surface area contributed by atoms with E-state index in [1.54, 1.807) is 20.0 Å². The van der Waals surface area contributed by atoms with Crippen LogP contribution in [-0.4, -0.2) is 36.2 Å². The third kappa shape index (κ3) is 3.32. The first-order chi connectivity index (χ1) is 6.83. The zero-order valence-corrected chi connectivity index (χ0v) is 10.1. The molecule has 6 heteroatoms. The molecule has 0 saturated carbocycles. The van der Waals surface area contributed by atoms with Gasteiger partial charge in [-0.25, -0.2) is 8.42 Å². The monoisotopic (exact) mass is 231 g/mol. The molecule has 0 spiro atoms. The normalized spacial score (nSPS) is 13.0. The Morgan fingerprint density at radius 1 is 1.53 bits per heavy atom. The predicted octanol–water partition coefficient (Wildman–Crippen LogP) is 0.323. The van der Waals surface area contributed by atoms with Crippen molar-refractivity contribution in [1.29, 1.82) is 0 Å². The van der Waals surface area contributed by atoms with Crippen LogP contribution in [0.15, 0.2) is 12.3 Å². The minimum Gasteiger partial charge on any atom is -0.310 e. The number of aromatic nitrogens is 2. The lowest BCUT2D eigenvalue weighted by atomic mass is 10.2. The number of aromatic amines is 1. The van der Waals surface area contributed by atoms with Gasteiger partial charge in [-0.15, -0.1) is 0 Å². The Bertz CT molecular complexity index is 395. The molecule has 2 N–H and O–H groups in total. The Hall–Kier alpha value is -0.880. The van der Waals surface area contributed by atoms with Gasteiger partial charge in [0.15, 0.2) is 9.84 Å². The molecule has 0 aliphatic carbocycles. The summed E-state index contributed by atoms with van der Waals surface area (Å²) in [6.45, 7) is 4.44. The molecule has 15 heavy (non-hydrogen) atoms. The SMILES string of the molecule is CC(C)(CNCc1ccn[nH]1)S(C)(=O)=O. The van der Waals surface area contributed by atoms with Crippen molar-refractivity contribution in [1.82, 2.24) is 15.5 Å².